The summed E-state index contributed by atoms with van der Waals surface area (Å²) < 4.78 is 4.41. The summed E-state index contributed by atoms with van der Waals surface area (Å²) in [6, 6.07) is 57.6. The highest BCUT2D eigenvalue weighted by molar-refractivity contribution is 6.11. The van der Waals surface area contributed by atoms with Gasteiger partial charge >= 0.3 is 0 Å². The molecule has 5 nitrogen and oxygen atoms in total. The average Bonchev–Trinajstić information content (AvgIpc) is 3.70. The maximum Gasteiger partial charge on any atom is 0.100 e. The Morgan fingerprint density at radius 3 is 1.70 bits per heavy atom. The molecule has 0 saturated carbocycles. The summed E-state index contributed by atoms with van der Waals surface area (Å²) in [6.45, 7) is 0. The summed E-state index contributed by atoms with van der Waals surface area (Å²) in [5.74, 6) is 0. The normalized spacial score (nSPS) is 11.1. The predicted octanol–water partition coefficient (Wildman–Crippen LogP) is 10.8. The fourth-order valence-corrected chi connectivity index (χ4v) is 7.54. The lowest BCUT2D eigenvalue weighted by molar-refractivity contribution is 1.18. The Balaban J connectivity index is 1.28. The fourth-order valence-electron chi connectivity index (χ4n) is 7.54. The van der Waals surface area contributed by atoms with Crippen LogP contribution in [0.1, 0.15) is 16.7 Å². The maximum absolute atomic E-state index is 10.9. The SMILES string of the molecule is N#Cc1ccc2c(c1)c1ccccc1n2-c1cccc(-c2cccc(-c3c(C#N)cccc3-n3c4ccccc4c4ccccc43)c2C#N)c1. The highest BCUT2D eigenvalue weighted by Gasteiger charge is 2.22. The van der Waals surface area contributed by atoms with Crippen LogP contribution in [-0.2, 0) is 0 Å². The third kappa shape index (κ3) is 4.24. The van der Waals surface area contributed by atoms with Crippen LogP contribution in [0.4, 0.5) is 0 Å². The number of benzene rings is 7. The van der Waals surface area contributed by atoms with Gasteiger partial charge in [-0.3, -0.25) is 0 Å². The van der Waals surface area contributed by atoms with Crippen LogP contribution in [0.15, 0.2) is 152 Å². The van der Waals surface area contributed by atoms with Gasteiger partial charge in [-0.25, -0.2) is 0 Å². The molecule has 0 atom stereocenters. The molecule has 0 fully saturated rings. The van der Waals surface area contributed by atoms with E-state index in [0.29, 0.717) is 27.8 Å². The first-order chi connectivity index (χ1) is 24.7. The topological polar surface area (TPSA) is 81.2 Å². The van der Waals surface area contributed by atoms with Crippen LogP contribution in [-0.4, -0.2) is 9.13 Å². The first kappa shape index (κ1) is 28.8. The van der Waals surface area contributed by atoms with Gasteiger partial charge < -0.3 is 9.13 Å². The number of aromatic nitrogens is 2. The molecule has 0 aliphatic heterocycles. The zero-order valence-corrected chi connectivity index (χ0v) is 26.7. The van der Waals surface area contributed by atoms with Gasteiger partial charge in [0.05, 0.1) is 56.6 Å². The standard InChI is InChI=1S/C45H25N5/c46-26-29-22-23-43-38(24-29)36-15-3-4-18-40(36)49(43)32-12-7-10-30(25-32)33-16-9-17-37(39(33)28-48)45-31(27-47)11-8-21-44(45)50-41-19-5-1-13-34(41)35-14-2-6-20-42(35)50/h1-25H. The van der Waals surface area contributed by atoms with Crippen molar-refractivity contribution in [3.05, 3.63) is 168 Å². The highest BCUT2D eigenvalue weighted by Crippen LogP contribution is 2.41. The van der Waals surface area contributed by atoms with Gasteiger partial charge in [-0.05, 0) is 66.2 Å². The second-order valence-electron chi connectivity index (χ2n) is 12.3. The van der Waals surface area contributed by atoms with Gasteiger partial charge in [0.2, 0.25) is 0 Å². The van der Waals surface area contributed by atoms with E-state index in [1.54, 1.807) is 0 Å². The molecule has 9 rings (SSSR count). The highest BCUT2D eigenvalue weighted by atomic mass is 15.0. The Morgan fingerprint density at radius 1 is 0.420 bits per heavy atom. The minimum Gasteiger partial charge on any atom is -0.309 e. The minimum atomic E-state index is 0.494. The van der Waals surface area contributed by atoms with Gasteiger partial charge in [0.15, 0.2) is 0 Å². The maximum atomic E-state index is 10.9. The van der Waals surface area contributed by atoms with Crippen LogP contribution in [0.25, 0.3) is 77.2 Å². The van der Waals surface area contributed by atoms with Crippen molar-refractivity contribution < 1.29 is 0 Å². The second kappa shape index (κ2) is 11.4. The number of hydrogen-bond donors (Lipinski definition) is 0. The summed E-state index contributed by atoms with van der Waals surface area (Å²) in [6.07, 6.45) is 0. The molecule has 50 heavy (non-hydrogen) atoms. The van der Waals surface area contributed by atoms with Gasteiger partial charge in [-0.2, -0.15) is 15.8 Å². The predicted molar refractivity (Wildman–Crippen MR) is 200 cm³/mol. The van der Waals surface area contributed by atoms with Crippen molar-refractivity contribution in [1.29, 1.82) is 15.8 Å². The molecule has 0 aliphatic carbocycles. The van der Waals surface area contributed by atoms with E-state index in [4.69, 9.17) is 0 Å². The van der Waals surface area contributed by atoms with Crippen molar-refractivity contribution in [1.82, 2.24) is 9.13 Å². The Hall–Kier alpha value is -7.39. The zero-order chi connectivity index (χ0) is 33.8. The second-order valence-corrected chi connectivity index (χ2v) is 12.3. The Labute approximate surface area is 287 Å². The molecular weight excluding hydrogens is 611 g/mol. The van der Waals surface area contributed by atoms with Crippen molar-refractivity contribution >= 4 is 43.6 Å². The Kier molecular flexibility index (Phi) is 6.56. The number of rotatable bonds is 4. The molecule has 0 N–H and O–H groups in total. The summed E-state index contributed by atoms with van der Waals surface area (Å²) in [5, 5.41) is 35.3. The van der Waals surface area contributed by atoms with E-state index in [2.05, 4.69) is 75.9 Å². The molecule has 0 unspecified atom stereocenters. The molecule has 0 radical (unpaired) electrons. The van der Waals surface area contributed by atoms with Crippen LogP contribution in [0.5, 0.6) is 0 Å². The lowest BCUT2D eigenvalue weighted by atomic mass is 9.89. The quantitative estimate of drug-likeness (QED) is 0.193. The van der Waals surface area contributed by atoms with Gasteiger partial charge in [-0.15, -0.1) is 0 Å². The zero-order valence-electron chi connectivity index (χ0n) is 26.7. The molecular formula is C45H25N5. The van der Waals surface area contributed by atoms with Crippen LogP contribution >= 0.6 is 0 Å². The molecule has 7 aromatic carbocycles. The van der Waals surface area contributed by atoms with E-state index < -0.39 is 0 Å². The minimum absolute atomic E-state index is 0.494. The number of para-hydroxylation sites is 3. The third-order valence-electron chi connectivity index (χ3n) is 9.65. The van der Waals surface area contributed by atoms with E-state index in [0.717, 1.165) is 66.1 Å². The lowest BCUT2D eigenvalue weighted by Gasteiger charge is -2.18. The van der Waals surface area contributed by atoms with Crippen LogP contribution in [0.3, 0.4) is 0 Å². The molecule has 0 amide bonds. The van der Waals surface area contributed by atoms with Crippen molar-refractivity contribution in [2.24, 2.45) is 0 Å². The summed E-state index contributed by atoms with van der Waals surface area (Å²) in [4.78, 5) is 0. The number of nitriles is 3. The molecule has 2 heterocycles. The van der Waals surface area contributed by atoms with Gasteiger partial charge in [0.1, 0.15) is 6.07 Å². The molecule has 0 aliphatic rings. The number of hydrogen-bond acceptors (Lipinski definition) is 3. The fraction of sp³-hybridized carbons (Fsp3) is 0. The van der Waals surface area contributed by atoms with Crippen LogP contribution in [0, 0.1) is 34.0 Å². The van der Waals surface area contributed by atoms with Crippen LogP contribution < -0.4 is 0 Å². The summed E-state index contributed by atoms with van der Waals surface area (Å²) >= 11 is 0. The molecule has 2 aromatic heterocycles. The van der Waals surface area contributed by atoms with E-state index >= 15 is 0 Å². The molecule has 0 spiro atoms. The van der Waals surface area contributed by atoms with Gasteiger partial charge in [0, 0.05) is 43.9 Å². The van der Waals surface area contributed by atoms with Crippen molar-refractivity contribution in [2.75, 3.05) is 0 Å². The Morgan fingerprint density at radius 2 is 1.02 bits per heavy atom. The first-order valence-electron chi connectivity index (χ1n) is 16.3. The Bertz CT molecular complexity index is 2920. The lowest BCUT2D eigenvalue weighted by Crippen LogP contribution is -2.01. The van der Waals surface area contributed by atoms with Gasteiger partial charge in [-0.1, -0.05) is 91.0 Å². The third-order valence-corrected chi connectivity index (χ3v) is 9.65. The molecule has 5 heteroatoms. The van der Waals surface area contributed by atoms with Crippen LogP contribution in [0.2, 0.25) is 0 Å². The van der Waals surface area contributed by atoms with E-state index in [9.17, 15) is 15.8 Å². The number of fused-ring (bicyclic) bond motifs is 6. The molecule has 0 bridgehead atoms. The first-order valence-corrected chi connectivity index (χ1v) is 16.3. The van der Waals surface area contributed by atoms with Gasteiger partial charge in [0.25, 0.3) is 0 Å². The number of nitrogens with zero attached hydrogens (tertiary/aromatic N) is 5. The summed E-state index contributed by atoms with van der Waals surface area (Å²) in [7, 11) is 0. The molecule has 0 saturated heterocycles. The van der Waals surface area contributed by atoms with Crippen molar-refractivity contribution in [2.45, 2.75) is 0 Å². The van der Waals surface area contributed by atoms with Crippen molar-refractivity contribution in [3.63, 3.8) is 0 Å². The largest absolute Gasteiger partial charge is 0.309 e. The smallest absolute Gasteiger partial charge is 0.100 e. The van der Waals surface area contributed by atoms with Crippen molar-refractivity contribution in [3.8, 4) is 51.8 Å². The summed E-state index contributed by atoms with van der Waals surface area (Å²) in [5.41, 5.74) is 10.5. The molecule has 230 valence electrons. The monoisotopic (exact) mass is 635 g/mol. The van der Waals surface area contributed by atoms with E-state index in [1.165, 1.54) is 0 Å². The average molecular weight is 636 g/mol. The van der Waals surface area contributed by atoms with E-state index in [1.807, 2.05) is 103 Å². The molecule has 9 aromatic rings. The van der Waals surface area contributed by atoms with E-state index in [-0.39, 0.29) is 0 Å².